The van der Waals surface area contributed by atoms with Crippen molar-refractivity contribution < 1.29 is 9.90 Å². The maximum Gasteiger partial charge on any atom is 0.319 e. The summed E-state index contributed by atoms with van der Waals surface area (Å²) in [5, 5.41) is 19.0. The van der Waals surface area contributed by atoms with E-state index in [0.29, 0.717) is 10.8 Å². The Morgan fingerprint density at radius 3 is 3.05 bits per heavy atom. The highest BCUT2D eigenvalue weighted by Crippen LogP contribution is 2.15. The summed E-state index contributed by atoms with van der Waals surface area (Å²) in [7, 11) is 0. The van der Waals surface area contributed by atoms with Crippen LogP contribution in [0.15, 0.2) is 35.2 Å². The lowest BCUT2D eigenvalue weighted by Crippen LogP contribution is -2.32. The van der Waals surface area contributed by atoms with E-state index in [-0.39, 0.29) is 6.54 Å². The van der Waals surface area contributed by atoms with Crippen molar-refractivity contribution in [3.63, 3.8) is 0 Å². The Morgan fingerprint density at radius 1 is 1.53 bits per heavy atom. The van der Waals surface area contributed by atoms with Crippen molar-refractivity contribution in [2.45, 2.75) is 6.10 Å². The maximum atomic E-state index is 11.6. The van der Waals surface area contributed by atoms with Crippen molar-refractivity contribution in [2.24, 2.45) is 0 Å². The number of halogens is 1. The van der Waals surface area contributed by atoms with Gasteiger partial charge in [0.25, 0.3) is 0 Å². The number of rotatable bonds is 4. The number of aliphatic hydroxyl groups excluding tert-OH is 1. The molecule has 2 amide bonds. The van der Waals surface area contributed by atoms with Crippen LogP contribution in [0, 0.1) is 0 Å². The van der Waals surface area contributed by atoms with Gasteiger partial charge < -0.3 is 15.7 Å². The van der Waals surface area contributed by atoms with Crippen LogP contribution in [0.5, 0.6) is 0 Å². The van der Waals surface area contributed by atoms with Crippen molar-refractivity contribution in [3.8, 4) is 0 Å². The van der Waals surface area contributed by atoms with E-state index in [4.69, 9.17) is 11.6 Å². The van der Waals surface area contributed by atoms with Crippen LogP contribution < -0.4 is 10.6 Å². The van der Waals surface area contributed by atoms with E-state index in [0.717, 1.165) is 5.56 Å². The second kappa shape index (κ2) is 6.51. The Bertz CT molecular complexity index is 548. The molecule has 1 atom stereocenters. The van der Waals surface area contributed by atoms with Gasteiger partial charge in [-0.3, -0.25) is 0 Å². The summed E-state index contributed by atoms with van der Waals surface area (Å²) in [6, 6.07) is 4.57. The normalized spacial score (nSPS) is 11.9. The molecule has 2 aromatic rings. The Kier molecular flexibility index (Phi) is 4.73. The number of nitrogens with one attached hydrogen (secondary N) is 2. The number of pyridine rings is 1. The number of hydrogen-bond acceptors (Lipinski definition) is 4. The van der Waals surface area contributed by atoms with Crippen molar-refractivity contribution in [1.82, 2.24) is 10.3 Å². The zero-order chi connectivity index (χ0) is 13.7. The zero-order valence-corrected chi connectivity index (χ0v) is 11.4. The van der Waals surface area contributed by atoms with Gasteiger partial charge in [-0.05, 0) is 34.5 Å². The molecule has 2 heterocycles. The molecular weight excluding hydrogens is 286 g/mol. The maximum absolute atomic E-state index is 11.6. The van der Waals surface area contributed by atoms with Gasteiger partial charge in [-0.15, -0.1) is 0 Å². The first kappa shape index (κ1) is 13.8. The van der Waals surface area contributed by atoms with E-state index < -0.39 is 12.1 Å². The van der Waals surface area contributed by atoms with Gasteiger partial charge in [0.05, 0.1) is 6.10 Å². The summed E-state index contributed by atoms with van der Waals surface area (Å²) in [6.45, 7) is 0.140. The third-order valence-corrected chi connectivity index (χ3v) is 3.28. The Labute approximate surface area is 119 Å². The molecule has 0 radical (unpaired) electrons. The average molecular weight is 298 g/mol. The summed E-state index contributed by atoms with van der Waals surface area (Å²) in [5.74, 6) is 0. The number of nitrogens with zero attached hydrogens (tertiary/aromatic N) is 1. The van der Waals surface area contributed by atoms with Crippen LogP contribution in [0.4, 0.5) is 10.5 Å². The molecule has 100 valence electrons. The van der Waals surface area contributed by atoms with E-state index in [2.05, 4.69) is 15.6 Å². The first-order chi connectivity index (χ1) is 9.15. The van der Waals surface area contributed by atoms with Crippen LogP contribution in [-0.2, 0) is 0 Å². The van der Waals surface area contributed by atoms with Gasteiger partial charge in [-0.1, -0.05) is 11.6 Å². The van der Waals surface area contributed by atoms with Gasteiger partial charge in [0.1, 0.15) is 5.15 Å². The predicted molar refractivity (Wildman–Crippen MR) is 75.5 cm³/mol. The van der Waals surface area contributed by atoms with Gasteiger partial charge in [-0.2, -0.15) is 11.3 Å². The highest BCUT2D eigenvalue weighted by atomic mass is 35.5. The highest BCUT2D eigenvalue weighted by molar-refractivity contribution is 7.07. The van der Waals surface area contributed by atoms with Crippen molar-refractivity contribution in [1.29, 1.82) is 0 Å². The largest absolute Gasteiger partial charge is 0.387 e. The van der Waals surface area contributed by atoms with Gasteiger partial charge in [-0.25, -0.2) is 9.78 Å². The van der Waals surface area contributed by atoms with Crippen molar-refractivity contribution in [2.75, 3.05) is 11.9 Å². The molecule has 1 unspecified atom stereocenters. The van der Waals surface area contributed by atoms with Crippen LogP contribution in [0.25, 0.3) is 0 Å². The fourth-order valence-corrected chi connectivity index (χ4v) is 2.31. The van der Waals surface area contributed by atoms with Gasteiger partial charge in [0, 0.05) is 18.4 Å². The second-order valence-electron chi connectivity index (χ2n) is 3.77. The third-order valence-electron chi connectivity index (χ3n) is 2.37. The average Bonchev–Trinajstić information content (AvgIpc) is 2.90. The fourth-order valence-electron chi connectivity index (χ4n) is 1.43. The van der Waals surface area contributed by atoms with Crippen LogP contribution in [-0.4, -0.2) is 22.7 Å². The number of anilines is 1. The molecule has 0 aromatic carbocycles. The molecule has 0 saturated carbocycles. The van der Waals surface area contributed by atoms with E-state index in [1.165, 1.54) is 23.6 Å². The molecule has 0 bridgehead atoms. The molecule has 19 heavy (non-hydrogen) atoms. The van der Waals surface area contributed by atoms with E-state index >= 15 is 0 Å². The number of thiophene rings is 1. The first-order valence-corrected chi connectivity index (χ1v) is 6.84. The molecule has 2 aromatic heterocycles. The number of hydrogen-bond donors (Lipinski definition) is 3. The van der Waals surface area contributed by atoms with Crippen LogP contribution in [0.1, 0.15) is 11.7 Å². The predicted octanol–water partition coefficient (Wildman–Crippen LogP) is 2.65. The Morgan fingerprint density at radius 2 is 2.37 bits per heavy atom. The smallest absolute Gasteiger partial charge is 0.319 e. The molecule has 0 aliphatic heterocycles. The van der Waals surface area contributed by atoms with Crippen molar-refractivity contribution >= 4 is 34.7 Å². The number of urea groups is 1. The number of carbonyl (C=O) groups excluding carboxylic acids is 1. The monoisotopic (exact) mass is 297 g/mol. The Balaban J connectivity index is 1.82. The molecule has 0 saturated heterocycles. The summed E-state index contributed by atoms with van der Waals surface area (Å²) in [4.78, 5) is 15.4. The topological polar surface area (TPSA) is 74.2 Å². The lowest BCUT2D eigenvalue weighted by Gasteiger charge is -2.11. The van der Waals surface area contributed by atoms with E-state index in [9.17, 15) is 9.90 Å². The third kappa shape index (κ3) is 4.20. The number of aliphatic hydroxyl groups is 1. The van der Waals surface area contributed by atoms with Crippen LogP contribution in [0.2, 0.25) is 5.15 Å². The highest BCUT2D eigenvalue weighted by Gasteiger charge is 2.09. The number of aromatic nitrogens is 1. The van der Waals surface area contributed by atoms with Gasteiger partial charge in [0.2, 0.25) is 0 Å². The van der Waals surface area contributed by atoms with Gasteiger partial charge in [0.15, 0.2) is 0 Å². The molecule has 2 rings (SSSR count). The van der Waals surface area contributed by atoms with E-state index in [1.807, 2.05) is 16.8 Å². The summed E-state index contributed by atoms with van der Waals surface area (Å²) < 4.78 is 0. The lowest BCUT2D eigenvalue weighted by molar-refractivity contribution is 0.175. The zero-order valence-electron chi connectivity index (χ0n) is 9.84. The fraction of sp³-hybridized carbons (Fsp3) is 0.167. The molecule has 0 aliphatic rings. The van der Waals surface area contributed by atoms with Crippen LogP contribution in [0.3, 0.4) is 0 Å². The molecule has 0 fully saturated rings. The minimum absolute atomic E-state index is 0.140. The second-order valence-corrected chi connectivity index (χ2v) is 4.94. The standard InChI is InChI=1S/C12H12ClN3O2S/c13-11-5-9(1-3-14-11)16-12(18)15-6-10(17)8-2-4-19-7-8/h1-5,7,10,17H,6H2,(H2,14,15,16,18). The summed E-state index contributed by atoms with van der Waals surface area (Å²) in [6.07, 6.45) is 0.788. The summed E-state index contributed by atoms with van der Waals surface area (Å²) >= 11 is 7.20. The quantitative estimate of drug-likeness (QED) is 0.760. The number of amides is 2. The minimum atomic E-state index is -0.710. The van der Waals surface area contributed by atoms with Crippen LogP contribution >= 0.6 is 22.9 Å². The number of carbonyl (C=O) groups is 1. The molecule has 0 aliphatic carbocycles. The Hall–Kier alpha value is -1.63. The SMILES string of the molecule is O=C(NCC(O)c1ccsc1)Nc1ccnc(Cl)c1. The lowest BCUT2D eigenvalue weighted by atomic mass is 10.2. The molecule has 3 N–H and O–H groups in total. The molecular formula is C12H12ClN3O2S. The van der Waals surface area contributed by atoms with Gasteiger partial charge >= 0.3 is 6.03 Å². The van der Waals surface area contributed by atoms with E-state index in [1.54, 1.807) is 6.07 Å². The molecule has 5 nitrogen and oxygen atoms in total. The molecule has 0 spiro atoms. The summed E-state index contributed by atoms with van der Waals surface area (Å²) in [5.41, 5.74) is 1.33. The molecule has 7 heteroatoms. The minimum Gasteiger partial charge on any atom is -0.387 e. The first-order valence-electron chi connectivity index (χ1n) is 5.52. The van der Waals surface area contributed by atoms with Crippen molar-refractivity contribution in [3.05, 3.63) is 45.9 Å².